The Hall–Kier alpha value is -2.32. The van der Waals surface area contributed by atoms with Crippen molar-refractivity contribution in [2.45, 2.75) is 12.5 Å². The minimum absolute atomic E-state index is 0.0117. The van der Waals surface area contributed by atoms with Gasteiger partial charge in [0.15, 0.2) is 0 Å². The summed E-state index contributed by atoms with van der Waals surface area (Å²) in [6.45, 7) is 0.689. The number of benzene rings is 2. The molecule has 3 aromatic rings. The van der Waals surface area contributed by atoms with Crippen molar-refractivity contribution in [1.82, 2.24) is 4.98 Å². The Bertz CT molecular complexity index is 592. The van der Waals surface area contributed by atoms with Gasteiger partial charge in [-0.2, -0.15) is 0 Å². The lowest BCUT2D eigenvalue weighted by Crippen LogP contribution is -2.09. The maximum Gasteiger partial charge on any atom is 0.108 e. The first-order chi connectivity index (χ1) is 10.4. The first kappa shape index (κ1) is 13.7. The minimum atomic E-state index is -0.0117. The van der Waals surface area contributed by atoms with E-state index in [9.17, 15) is 0 Å². The normalized spacial score (nSPS) is 10.9. The van der Waals surface area contributed by atoms with Crippen molar-refractivity contribution in [3.8, 4) is 0 Å². The van der Waals surface area contributed by atoms with Crippen molar-refractivity contribution in [3.05, 3.63) is 95.8 Å². The summed E-state index contributed by atoms with van der Waals surface area (Å²) in [5, 5.41) is 0. The molecule has 0 saturated heterocycles. The number of H-pyrrole nitrogens is 1. The molecule has 106 valence electrons. The van der Waals surface area contributed by atoms with Crippen LogP contribution in [0.3, 0.4) is 0 Å². The lowest BCUT2D eigenvalue weighted by atomic mass is 10.0. The summed E-state index contributed by atoms with van der Waals surface area (Å²) in [6.07, 6.45) is 2.83. The summed E-state index contributed by atoms with van der Waals surface area (Å²) >= 11 is 0. The third kappa shape index (κ3) is 3.61. The first-order valence-electron chi connectivity index (χ1n) is 7.27. The average molecular weight is 277 g/mol. The molecule has 0 saturated carbocycles. The van der Waals surface area contributed by atoms with Gasteiger partial charge < -0.3 is 9.72 Å². The number of hydrogen-bond acceptors (Lipinski definition) is 1. The second-order valence-electron chi connectivity index (χ2n) is 5.02. The molecular formula is C19H19NO. The van der Waals surface area contributed by atoms with E-state index in [4.69, 9.17) is 4.74 Å². The minimum Gasteiger partial charge on any atom is -0.368 e. The van der Waals surface area contributed by atoms with E-state index in [1.54, 1.807) is 0 Å². The van der Waals surface area contributed by atoms with Crippen LogP contribution in [0.2, 0.25) is 0 Å². The Balaban J connectivity index is 1.73. The molecule has 0 aliphatic carbocycles. The smallest absolute Gasteiger partial charge is 0.108 e. The van der Waals surface area contributed by atoms with Crippen molar-refractivity contribution >= 4 is 0 Å². The second-order valence-corrected chi connectivity index (χ2v) is 5.02. The van der Waals surface area contributed by atoms with Crippen molar-refractivity contribution in [2.24, 2.45) is 0 Å². The van der Waals surface area contributed by atoms with Crippen LogP contribution in [0, 0.1) is 0 Å². The van der Waals surface area contributed by atoms with Gasteiger partial charge in [-0.3, -0.25) is 0 Å². The third-order valence-electron chi connectivity index (χ3n) is 3.52. The fourth-order valence-electron chi connectivity index (χ4n) is 2.45. The molecule has 0 aliphatic rings. The Kier molecular flexibility index (Phi) is 4.49. The topological polar surface area (TPSA) is 25.0 Å². The van der Waals surface area contributed by atoms with E-state index in [1.165, 1.54) is 16.8 Å². The lowest BCUT2D eigenvalue weighted by Gasteiger charge is -2.19. The molecule has 1 heterocycles. The number of hydrogen-bond donors (Lipinski definition) is 1. The molecule has 1 N–H and O–H groups in total. The first-order valence-corrected chi connectivity index (χ1v) is 7.27. The number of ether oxygens (including phenoxy) is 1. The molecule has 0 unspecified atom stereocenters. The third-order valence-corrected chi connectivity index (χ3v) is 3.52. The van der Waals surface area contributed by atoms with Gasteiger partial charge in [-0.15, -0.1) is 0 Å². The predicted molar refractivity (Wildman–Crippen MR) is 85.2 cm³/mol. The Morgan fingerprint density at radius 1 is 0.762 bits per heavy atom. The van der Waals surface area contributed by atoms with Crippen molar-refractivity contribution in [2.75, 3.05) is 6.61 Å². The molecule has 1 aromatic heterocycles. The quantitative estimate of drug-likeness (QED) is 0.711. The molecule has 2 nitrogen and oxygen atoms in total. The molecule has 0 amide bonds. The van der Waals surface area contributed by atoms with Crippen LogP contribution >= 0.6 is 0 Å². The van der Waals surface area contributed by atoms with Gasteiger partial charge in [0.1, 0.15) is 6.10 Å². The Morgan fingerprint density at radius 2 is 1.38 bits per heavy atom. The van der Waals surface area contributed by atoms with E-state index >= 15 is 0 Å². The van der Waals surface area contributed by atoms with Crippen LogP contribution < -0.4 is 0 Å². The highest BCUT2D eigenvalue weighted by atomic mass is 16.5. The maximum atomic E-state index is 6.17. The molecule has 0 spiro atoms. The van der Waals surface area contributed by atoms with E-state index in [2.05, 4.69) is 59.6 Å². The van der Waals surface area contributed by atoms with Gasteiger partial charge in [-0.25, -0.2) is 0 Å². The maximum absolute atomic E-state index is 6.17. The average Bonchev–Trinajstić information content (AvgIpc) is 3.07. The summed E-state index contributed by atoms with van der Waals surface area (Å²) in [6, 6.07) is 24.9. The van der Waals surface area contributed by atoms with E-state index in [0.717, 1.165) is 6.42 Å². The highest BCUT2D eigenvalue weighted by Crippen LogP contribution is 2.25. The number of rotatable bonds is 6. The van der Waals surface area contributed by atoms with Gasteiger partial charge >= 0.3 is 0 Å². The zero-order valence-electron chi connectivity index (χ0n) is 11.9. The van der Waals surface area contributed by atoms with Gasteiger partial charge in [0.25, 0.3) is 0 Å². The van der Waals surface area contributed by atoms with Crippen LogP contribution in [0.15, 0.2) is 79.0 Å². The molecule has 3 rings (SSSR count). The predicted octanol–water partition coefficient (Wildman–Crippen LogP) is 4.36. The van der Waals surface area contributed by atoms with Gasteiger partial charge in [-0.1, -0.05) is 60.7 Å². The largest absolute Gasteiger partial charge is 0.368 e. The van der Waals surface area contributed by atoms with Crippen molar-refractivity contribution < 1.29 is 4.74 Å². The van der Waals surface area contributed by atoms with Crippen LogP contribution in [0.5, 0.6) is 0 Å². The van der Waals surface area contributed by atoms with Crippen LogP contribution in [-0.4, -0.2) is 11.6 Å². The molecule has 0 atom stereocenters. The van der Waals surface area contributed by atoms with Gasteiger partial charge in [-0.05, 0) is 23.3 Å². The Morgan fingerprint density at radius 3 is 1.90 bits per heavy atom. The van der Waals surface area contributed by atoms with E-state index in [0.29, 0.717) is 6.61 Å². The summed E-state index contributed by atoms with van der Waals surface area (Å²) < 4.78 is 6.17. The van der Waals surface area contributed by atoms with E-state index in [1.807, 2.05) is 24.4 Å². The lowest BCUT2D eigenvalue weighted by molar-refractivity contribution is 0.0822. The summed E-state index contributed by atoms with van der Waals surface area (Å²) in [7, 11) is 0. The molecule has 0 fully saturated rings. The van der Waals surface area contributed by atoms with Gasteiger partial charge in [0.2, 0.25) is 0 Å². The number of aromatic amines is 1. The van der Waals surface area contributed by atoms with Crippen molar-refractivity contribution in [1.29, 1.82) is 0 Å². The van der Waals surface area contributed by atoms with Crippen LogP contribution in [0.1, 0.15) is 22.9 Å². The van der Waals surface area contributed by atoms with E-state index in [-0.39, 0.29) is 6.10 Å². The molecule has 21 heavy (non-hydrogen) atoms. The summed E-state index contributed by atoms with van der Waals surface area (Å²) in [4.78, 5) is 3.21. The number of aromatic nitrogens is 1. The second kappa shape index (κ2) is 6.91. The summed E-state index contributed by atoms with van der Waals surface area (Å²) in [5.41, 5.74) is 3.58. The fraction of sp³-hybridized carbons (Fsp3) is 0.158. The molecule has 0 radical (unpaired) electrons. The molecule has 2 aromatic carbocycles. The van der Waals surface area contributed by atoms with Gasteiger partial charge in [0, 0.05) is 18.3 Å². The summed E-state index contributed by atoms with van der Waals surface area (Å²) in [5.74, 6) is 0. The molecule has 0 aliphatic heterocycles. The van der Waals surface area contributed by atoms with Crippen molar-refractivity contribution in [3.63, 3.8) is 0 Å². The highest BCUT2D eigenvalue weighted by Gasteiger charge is 2.14. The molecular weight excluding hydrogens is 258 g/mol. The standard InChI is InChI=1S/C19H19NO/c1-3-8-16(9-4-1)19(17-10-5-2-6-11-17)21-15-13-18-12-7-14-20-18/h1-12,14,19-20H,13,15H2. The Labute approximate surface area is 125 Å². The zero-order valence-corrected chi connectivity index (χ0v) is 11.9. The molecule has 0 bridgehead atoms. The van der Waals surface area contributed by atoms with Crippen LogP contribution in [-0.2, 0) is 11.2 Å². The zero-order chi connectivity index (χ0) is 14.3. The van der Waals surface area contributed by atoms with Crippen LogP contribution in [0.25, 0.3) is 0 Å². The monoisotopic (exact) mass is 277 g/mol. The van der Waals surface area contributed by atoms with E-state index < -0.39 is 0 Å². The van der Waals surface area contributed by atoms with Crippen LogP contribution in [0.4, 0.5) is 0 Å². The SMILES string of the molecule is c1ccc(C(OCCc2ccc[nH]2)c2ccccc2)cc1. The number of nitrogens with one attached hydrogen (secondary N) is 1. The van der Waals surface area contributed by atoms with Gasteiger partial charge in [0.05, 0.1) is 6.61 Å². The highest BCUT2D eigenvalue weighted by molar-refractivity contribution is 5.29. The fourth-order valence-corrected chi connectivity index (χ4v) is 2.45. The molecule has 2 heteroatoms.